The van der Waals surface area contributed by atoms with E-state index in [4.69, 9.17) is 33.4 Å². The van der Waals surface area contributed by atoms with E-state index in [-0.39, 0.29) is 11.8 Å². The Balaban J connectivity index is 1.66. The summed E-state index contributed by atoms with van der Waals surface area (Å²) in [5.41, 5.74) is 7.22. The molecule has 0 atom stereocenters. The van der Waals surface area contributed by atoms with Crippen LogP contribution in [0.5, 0.6) is 0 Å². The predicted molar refractivity (Wildman–Crippen MR) is 100 cm³/mol. The van der Waals surface area contributed by atoms with Crippen LogP contribution < -0.4 is 10.6 Å². The van der Waals surface area contributed by atoms with E-state index in [2.05, 4.69) is 9.89 Å². The highest BCUT2D eigenvalue weighted by Crippen LogP contribution is 2.31. The van der Waals surface area contributed by atoms with Crippen molar-refractivity contribution in [1.82, 2.24) is 4.90 Å². The lowest BCUT2D eigenvalue weighted by Gasteiger charge is -2.36. The number of furan rings is 1. The molecule has 1 aliphatic rings. The standard InChI is InChI=1S/C17H18Cl2N4O2/c18-11-16(20)21-12-3-4-14(13(19)10-12)22-5-7-23(8-6-22)17(24)15-2-1-9-25-15/h1-4,9-10H,5-8,11H2,(H2,20,21). The van der Waals surface area contributed by atoms with Gasteiger partial charge in [0.2, 0.25) is 0 Å². The Morgan fingerprint density at radius 3 is 2.60 bits per heavy atom. The largest absolute Gasteiger partial charge is 0.459 e. The number of hydrogen-bond donors (Lipinski definition) is 1. The van der Waals surface area contributed by atoms with E-state index < -0.39 is 0 Å². The normalized spacial score (nSPS) is 15.5. The third-order valence-electron chi connectivity index (χ3n) is 3.98. The second-order valence-corrected chi connectivity index (χ2v) is 6.30. The molecule has 8 heteroatoms. The predicted octanol–water partition coefficient (Wildman–Crippen LogP) is 3.12. The van der Waals surface area contributed by atoms with E-state index in [1.807, 2.05) is 12.1 Å². The van der Waals surface area contributed by atoms with Crippen molar-refractivity contribution in [2.24, 2.45) is 10.7 Å². The molecule has 1 saturated heterocycles. The molecule has 1 amide bonds. The van der Waals surface area contributed by atoms with Crippen molar-refractivity contribution in [3.8, 4) is 0 Å². The average molecular weight is 381 g/mol. The first kappa shape index (κ1) is 17.6. The lowest BCUT2D eigenvalue weighted by molar-refractivity contribution is 0.0714. The summed E-state index contributed by atoms with van der Waals surface area (Å²) in [5.74, 6) is 0.795. The first-order valence-electron chi connectivity index (χ1n) is 7.85. The first-order valence-corrected chi connectivity index (χ1v) is 8.76. The SMILES string of the molecule is NC(CCl)=Nc1ccc(N2CCN(C(=O)c3ccco3)CC2)c(Cl)c1. The Hall–Kier alpha value is -2.18. The van der Waals surface area contributed by atoms with Gasteiger partial charge in [0.1, 0.15) is 5.84 Å². The molecule has 2 aromatic rings. The van der Waals surface area contributed by atoms with E-state index >= 15 is 0 Å². The molecule has 0 radical (unpaired) electrons. The molecule has 1 aromatic heterocycles. The lowest BCUT2D eigenvalue weighted by atomic mass is 10.2. The highest BCUT2D eigenvalue weighted by molar-refractivity contribution is 6.33. The Kier molecular flexibility index (Phi) is 5.50. The molecule has 3 rings (SSSR count). The van der Waals surface area contributed by atoms with Crippen LogP contribution in [0.3, 0.4) is 0 Å². The van der Waals surface area contributed by atoms with Crippen molar-refractivity contribution in [2.45, 2.75) is 0 Å². The lowest BCUT2D eigenvalue weighted by Crippen LogP contribution is -2.48. The molecule has 2 N–H and O–H groups in total. The van der Waals surface area contributed by atoms with Gasteiger partial charge >= 0.3 is 0 Å². The number of benzene rings is 1. The van der Waals surface area contributed by atoms with Crippen LogP contribution in [-0.4, -0.2) is 48.7 Å². The summed E-state index contributed by atoms with van der Waals surface area (Å²) in [6.07, 6.45) is 1.50. The van der Waals surface area contributed by atoms with Crippen LogP contribution in [0, 0.1) is 0 Å². The smallest absolute Gasteiger partial charge is 0.289 e. The van der Waals surface area contributed by atoms with Crippen molar-refractivity contribution in [3.63, 3.8) is 0 Å². The number of amidine groups is 1. The molecule has 25 heavy (non-hydrogen) atoms. The van der Waals surface area contributed by atoms with Crippen molar-refractivity contribution in [2.75, 3.05) is 37.0 Å². The number of hydrogen-bond acceptors (Lipinski definition) is 4. The van der Waals surface area contributed by atoms with Crippen molar-refractivity contribution >= 4 is 46.3 Å². The minimum Gasteiger partial charge on any atom is -0.459 e. The number of aliphatic imine (C=N–C) groups is 1. The van der Waals surface area contributed by atoms with Crippen molar-refractivity contribution in [3.05, 3.63) is 47.4 Å². The molecular formula is C17H18Cl2N4O2. The summed E-state index contributed by atoms with van der Waals surface area (Å²) < 4.78 is 5.18. The fraction of sp³-hybridized carbons (Fsp3) is 0.294. The summed E-state index contributed by atoms with van der Waals surface area (Å²) in [5, 5.41) is 0.592. The Morgan fingerprint density at radius 2 is 2.00 bits per heavy atom. The van der Waals surface area contributed by atoms with E-state index in [1.54, 1.807) is 23.1 Å². The zero-order valence-electron chi connectivity index (χ0n) is 13.5. The highest BCUT2D eigenvalue weighted by Gasteiger charge is 2.24. The molecule has 0 aliphatic carbocycles. The maximum absolute atomic E-state index is 12.3. The maximum Gasteiger partial charge on any atom is 0.289 e. The fourth-order valence-corrected chi connectivity index (χ4v) is 3.08. The number of piperazine rings is 1. The molecule has 132 valence electrons. The van der Waals surface area contributed by atoms with Gasteiger partial charge in [0.25, 0.3) is 5.91 Å². The molecule has 1 fully saturated rings. The minimum atomic E-state index is -0.0861. The third kappa shape index (κ3) is 4.08. The molecule has 0 spiro atoms. The summed E-state index contributed by atoms with van der Waals surface area (Å²) in [6, 6.07) is 8.91. The summed E-state index contributed by atoms with van der Waals surface area (Å²) >= 11 is 12.0. The number of nitrogens with two attached hydrogens (primary N) is 1. The molecule has 6 nitrogen and oxygen atoms in total. The van der Waals surface area contributed by atoms with Gasteiger partial charge in [-0.15, -0.1) is 11.6 Å². The Bertz CT molecular complexity index is 769. The van der Waals surface area contributed by atoms with E-state index in [0.29, 0.717) is 48.5 Å². The zero-order chi connectivity index (χ0) is 17.8. The Morgan fingerprint density at radius 1 is 1.24 bits per heavy atom. The number of carbonyl (C=O) groups is 1. The van der Waals surface area contributed by atoms with Crippen molar-refractivity contribution < 1.29 is 9.21 Å². The van der Waals surface area contributed by atoms with Crippen molar-refractivity contribution in [1.29, 1.82) is 0 Å². The number of anilines is 1. The minimum absolute atomic E-state index is 0.0861. The van der Waals surface area contributed by atoms with Gasteiger partial charge in [0.15, 0.2) is 5.76 Å². The summed E-state index contributed by atoms with van der Waals surface area (Å²) in [7, 11) is 0. The summed E-state index contributed by atoms with van der Waals surface area (Å²) in [4.78, 5) is 20.4. The molecule has 2 heterocycles. The second-order valence-electron chi connectivity index (χ2n) is 5.63. The van der Waals surface area contributed by atoms with Gasteiger partial charge in [-0.3, -0.25) is 4.79 Å². The number of rotatable bonds is 4. The van der Waals surface area contributed by atoms with Gasteiger partial charge < -0.3 is 20.0 Å². The quantitative estimate of drug-likeness (QED) is 0.502. The van der Waals surface area contributed by atoms with Gasteiger partial charge in [0.05, 0.1) is 28.5 Å². The molecular weight excluding hydrogens is 363 g/mol. The average Bonchev–Trinajstić information content (AvgIpc) is 3.16. The van der Waals surface area contributed by atoms with Crippen LogP contribution in [-0.2, 0) is 0 Å². The summed E-state index contributed by atoms with van der Waals surface area (Å²) in [6.45, 7) is 2.60. The van der Waals surface area contributed by atoms with E-state index in [0.717, 1.165) is 5.69 Å². The number of amides is 1. The van der Waals surface area contributed by atoms with Crippen LogP contribution in [0.1, 0.15) is 10.6 Å². The van der Waals surface area contributed by atoms with Crippen LogP contribution in [0.4, 0.5) is 11.4 Å². The zero-order valence-corrected chi connectivity index (χ0v) is 15.0. The molecule has 1 aliphatic heterocycles. The maximum atomic E-state index is 12.3. The van der Waals surface area contributed by atoms with Gasteiger partial charge in [-0.05, 0) is 30.3 Å². The first-order chi connectivity index (χ1) is 12.1. The second kappa shape index (κ2) is 7.80. The molecule has 0 bridgehead atoms. The molecule has 0 unspecified atom stereocenters. The monoisotopic (exact) mass is 380 g/mol. The fourth-order valence-electron chi connectivity index (χ4n) is 2.72. The van der Waals surface area contributed by atoms with Crippen LogP contribution in [0.2, 0.25) is 5.02 Å². The topological polar surface area (TPSA) is 75.1 Å². The van der Waals surface area contributed by atoms with Gasteiger partial charge in [-0.2, -0.15) is 0 Å². The van der Waals surface area contributed by atoms with Gasteiger partial charge in [-0.1, -0.05) is 11.6 Å². The molecule has 0 saturated carbocycles. The molecule has 1 aromatic carbocycles. The van der Waals surface area contributed by atoms with Crippen LogP contribution in [0.25, 0.3) is 0 Å². The number of nitrogens with zero attached hydrogens (tertiary/aromatic N) is 3. The van der Waals surface area contributed by atoms with E-state index in [1.165, 1.54) is 6.26 Å². The Labute approximate surface area is 155 Å². The number of halogens is 2. The third-order valence-corrected chi connectivity index (χ3v) is 4.56. The number of carbonyl (C=O) groups excluding carboxylic acids is 1. The highest BCUT2D eigenvalue weighted by atomic mass is 35.5. The van der Waals surface area contributed by atoms with E-state index in [9.17, 15) is 4.79 Å². The number of alkyl halides is 1. The van der Waals surface area contributed by atoms with Crippen LogP contribution >= 0.6 is 23.2 Å². The van der Waals surface area contributed by atoms with Crippen LogP contribution in [0.15, 0.2) is 46.0 Å². The van der Waals surface area contributed by atoms with Gasteiger partial charge in [0, 0.05) is 26.2 Å². The van der Waals surface area contributed by atoms with Gasteiger partial charge in [-0.25, -0.2) is 4.99 Å².